The van der Waals surface area contributed by atoms with Crippen molar-refractivity contribution >= 4 is 22.8 Å². The number of nitrogens with one attached hydrogen (secondary N) is 1. The van der Waals surface area contributed by atoms with Gasteiger partial charge in [0.15, 0.2) is 5.65 Å². The molecular formula is C21H23F3N6O. The van der Waals surface area contributed by atoms with Crippen molar-refractivity contribution in [2.24, 2.45) is 0 Å². The van der Waals surface area contributed by atoms with Crippen LogP contribution in [0, 0.1) is 0 Å². The number of hydrogen-bond donors (Lipinski definition) is 1. The molecule has 0 radical (unpaired) electrons. The Labute approximate surface area is 177 Å². The second-order valence-corrected chi connectivity index (χ2v) is 7.61. The maximum absolute atomic E-state index is 12.8. The van der Waals surface area contributed by atoms with Gasteiger partial charge in [0.1, 0.15) is 18.7 Å². The average Bonchev–Trinajstić information content (AvgIpc) is 2.97. The molecule has 4 rings (SSSR count). The predicted molar refractivity (Wildman–Crippen MR) is 109 cm³/mol. The summed E-state index contributed by atoms with van der Waals surface area (Å²) in [4.78, 5) is 23.4. The van der Waals surface area contributed by atoms with Gasteiger partial charge in [-0.15, -0.1) is 0 Å². The molecule has 1 N–H and O–H groups in total. The van der Waals surface area contributed by atoms with E-state index in [1.807, 2.05) is 0 Å². The third-order valence-corrected chi connectivity index (χ3v) is 5.36. The van der Waals surface area contributed by atoms with Crippen LogP contribution in [0.25, 0.3) is 11.0 Å². The molecule has 0 saturated carbocycles. The van der Waals surface area contributed by atoms with Gasteiger partial charge in [-0.25, -0.2) is 14.6 Å². The lowest BCUT2D eigenvalue weighted by Gasteiger charge is -2.21. The van der Waals surface area contributed by atoms with Crippen molar-refractivity contribution in [3.8, 4) is 0 Å². The van der Waals surface area contributed by atoms with Gasteiger partial charge in [-0.2, -0.15) is 18.3 Å². The van der Waals surface area contributed by atoms with Gasteiger partial charge in [0, 0.05) is 19.6 Å². The highest BCUT2D eigenvalue weighted by molar-refractivity contribution is 5.87. The Morgan fingerprint density at radius 2 is 1.87 bits per heavy atom. The summed E-state index contributed by atoms with van der Waals surface area (Å²) >= 11 is 0. The first-order valence-electron chi connectivity index (χ1n) is 10.3. The number of amides is 1. The lowest BCUT2D eigenvalue weighted by Crippen LogP contribution is -2.28. The van der Waals surface area contributed by atoms with Crippen molar-refractivity contribution in [3.63, 3.8) is 0 Å². The largest absolute Gasteiger partial charge is 0.416 e. The molecule has 3 aromatic rings. The highest BCUT2D eigenvalue weighted by Gasteiger charge is 2.30. The summed E-state index contributed by atoms with van der Waals surface area (Å²) in [6.07, 6.45) is 3.34. The van der Waals surface area contributed by atoms with Gasteiger partial charge >= 0.3 is 6.18 Å². The smallest absolute Gasteiger partial charge is 0.356 e. The standard InChI is InChI=1S/C21H23F3N6O/c22-21(23,24)16-7-5-6-15(10-16)11-25-18(31)13-30-20-17(12-28-30)19(26-14-27-20)29-8-3-1-2-4-9-29/h5-7,10,12,14H,1-4,8-9,11,13H2,(H,25,31). The van der Waals surface area contributed by atoms with E-state index in [-0.39, 0.29) is 19.0 Å². The number of carbonyl (C=O) groups excluding carboxylic acids is 1. The molecule has 0 aliphatic carbocycles. The first-order valence-corrected chi connectivity index (χ1v) is 10.3. The van der Waals surface area contributed by atoms with Gasteiger partial charge in [-0.05, 0) is 30.5 Å². The van der Waals surface area contributed by atoms with E-state index < -0.39 is 11.7 Å². The Hall–Kier alpha value is -3.17. The van der Waals surface area contributed by atoms with Gasteiger partial charge in [0.25, 0.3) is 0 Å². The molecule has 1 aliphatic heterocycles. The zero-order valence-electron chi connectivity index (χ0n) is 16.9. The van der Waals surface area contributed by atoms with Gasteiger partial charge in [-0.3, -0.25) is 4.79 Å². The Kier molecular flexibility index (Phi) is 6.06. The van der Waals surface area contributed by atoms with E-state index in [0.717, 1.165) is 49.3 Å². The summed E-state index contributed by atoms with van der Waals surface area (Å²) in [6, 6.07) is 4.90. The molecule has 1 amide bonds. The topological polar surface area (TPSA) is 75.9 Å². The van der Waals surface area contributed by atoms with E-state index in [1.54, 1.807) is 12.3 Å². The summed E-state index contributed by atoms with van der Waals surface area (Å²) in [7, 11) is 0. The van der Waals surface area contributed by atoms with E-state index in [0.29, 0.717) is 11.2 Å². The minimum absolute atomic E-state index is 0.00400. The third kappa shape index (κ3) is 4.95. The Morgan fingerprint density at radius 3 is 2.61 bits per heavy atom. The maximum Gasteiger partial charge on any atom is 0.416 e. The summed E-state index contributed by atoms with van der Waals surface area (Å²) in [5.41, 5.74) is 0.192. The molecule has 1 aliphatic rings. The van der Waals surface area contributed by atoms with Crippen LogP contribution in [0.2, 0.25) is 0 Å². The molecule has 10 heteroatoms. The number of hydrogen-bond acceptors (Lipinski definition) is 5. The highest BCUT2D eigenvalue weighted by Crippen LogP contribution is 2.29. The molecule has 3 heterocycles. The van der Waals surface area contributed by atoms with Crippen LogP contribution in [-0.4, -0.2) is 38.7 Å². The number of rotatable bonds is 5. The number of anilines is 1. The van der Waals surface area contributed by atoms with Crippen LogP contribution < -0.4 is 10.2 Å². The Bertz CT molecular complexity index is 1060. The van der Waals surface area contributed by atoms with Crippen LogP contribution in [0.5, 0.6) is 0 Å². The summed E-state index contributed by atoms with van der Waals surface area (Å²) in [6.45, 7) is 1.76. The fourth-order valence-corrected chi connectivity index (χ4v) is 3.78. The number of nitrogens with zero attached hydrogens (tertiary/aromatic N) is 5. The van der Waals surface area contributed by atoms with Gasteiger partial charge < -0.3 is 10.2 Å². The van der Waals surface area contributed by atoms with E-state index >= 15 is 0 Å². The SMILES string of the molecule is O=C(Cn1ncc2c(N3CCCCCC3)ncnc21)NCc1cccc(C(F)(F)F)c1. The van der Waals surface area contributed by atoms with Crippen LogP contribution in [0.3, 0.4) is 0 Å². The van der Waals surface area contributed by atoms with Crippen LogP contribution in [0.15, 0.2) is 36.8 Å². The van der Waals surface area contributed by atoms with Crippen LogP contribution in [-0.2, 0) is 24.1 Å². The average molecular weight is 432 g/mol. The summed E-state index contributed by atoms with van der Waals surface area (Å²) in [5, 5.41) is 7.73. The number of alkyl halides is 3. The zero-order valence-corrected chi connectivity index (χ0v) is 16.9. The van der Waals surface area contributed by atoms with E-state index in [2.05, 4.69) is 25.3 Å². The molecule has 164 valence electrons. The molecule has 0 atom stereocenters. The lowest BCUT2D eigenvalue weighted by molar-refractivity contribution is -0.137. The van der Waals surface area contributed by atoms with Crippen LogP contribution >= 0.6 is 0 Å². The molecule has 0 bridgehead atoms. The van der Waals surface area contributed by atoms with Crippen LogP contribution in [0.4, 0.5) is 19.0 Å². The van der Waals surface area contributed by atoms with Gasteiger partial charge in [0.05, 0.1) is 17.1 Å². The van der Waals surface area contributed by atoms with Crippen LogP contribution in [0.1, 0.15) is 36.8 Å². The maximum atomic E-state index is 12.8. The summed E-state index contributed by atoms with van der Waals surface area (Å²) in [5.74, 6) is 0.458. The van der Waals surface area contributed by atoms with Crippen molar-refractivity contribution in [2.45, 2.75) is 44.9 Å². The van der Waals surface area contributed by atoms with E-state index in [1.165, 1.54) is 29.9 Å². The zero-order chi connectivity index (χ0) is 21.8. The second-order valence-electron chi connectivity index (χ2n) is 7.61. The van der Waals surface area contributed by atoms with Crippen molar-refractivity contribution in [1.82, 2.24) is 25.1 Å². The Balaban J connectivity index is 1.44. The number of fused-ring (bicyclic) bond motifs is 1. The quantitative estimate of drug-likeness (QED) is 0.668. The van der Waals surface area contributed by atoms with E-state index in [9.17, 15) is 18.0 Å². The molecule has 1 fully saturated rings. The number of carbonyl (C=O) groups is 1. The van der Waals surface area contributed by atoms with Crippen molar-refractivity contribution in [1.29, 1.82) is 0 Å². The monoisotopic (exact) mass is 432 g/mol. The molecular weight excluding hydrogens is 409 g/mol. The number of aromatic nitrogens is 4. The number of benzene rings is 1. The van der Waals surface area contributed by atoms with Crippen molar-refractivity contribution in [3.05, 3.63) is 47.9 Å². The first kappa shape index (κ1) is 21.1. The highest BCUT2D eigenvalue weighted by atomic mass is 19.4. The first-order chi connectivity index (χ1) is 14.9. The molecule has 1 aromatic carbocycles. The summed E-state index contributed by atoms with van der Waals surface area (Å²) < 4.78 is 40.0. The fourth-order valence-electron chi connectivity index (χ4n) is 3.78. The van der Waals surface area contributed by atoms with Gasteiger partial charge in [0.2, 0.25) is 5.91 Å². The minimum Gasteiger partial charge on any atom is -0.356 e. The van der Waals surface area contributed by atoms with E-state index in [4.69, 9.17) is 0 Å². The molecule has 0 unspecified atom stereocenters. The molecule has 7 nitrogen and oxygen atoms in total. The minimum atomic E-state index is -4.42. The number of halogens is 3. The van der Waals surface area contributed by atoms with Crippen molar-refractivity contribution < 1.29 is 18.0 Å². The van der Waals surface area contributed by atoms with Gasteiger partial charge in [-0.1, -0.05) is 25.0 Å². The molecule has 31 heavy (non-hydrogen) atoms. The predicted octanol–water partition coefficient (Wildman–Crippen LogP) is 3.54. The fraction of sp³-hybridized carbons (Fsp3) is 0.429. The third-order valence-electron chi connectivity index (χ3n) is 5.36. The normalized spacial score (nSPS) is 15.1. The lowest BCUT2D eigenvalue weighted by atomic mass is 10.1. The molecule has 1 saturated heterocycles. The van der Waals surface area contributed by atoms with Crippen molar-refractivity contribution in [2.75, 3.05) is 18.0 Å². The molecule has 0 spiro atoms. The molecule has 2 aromatic heterocycles. The Morgan fingerprint density at radius 1 is 1.10 bits per heavy atom. The second kappa shape index (κ2) is 8.91.